The molecule has 0 bridgehead atoms. The van der Waals surface area contributed by atoms with Gasteiger partial charge in [0.05, 0.1) is 10.3 Å². The maximum Gasteiger partial charge on any atom is 0.262 e. The third-order valence-corrected chi connectivity index (χ3v) is 8.69. The van der Waals surface area contributed by atoms with Gasteiger partial charge in [0.15, 0.2) is 5.78 Å². The number of fused-ring (bicyclic) bond motifs is 1. The van der Waals surface area contributed by atoms with Crippen molar-refractivity contribution in [1.82, 2.24) is 15.2 Å². The fraction of sp³-hybridized carbons (Fsp3) is 0.520. The highest BCUT2D eigenvalue weighted by molar-refractivity contribution is 7.17. The molecule has 4 heterocycles. The number of ketones is 1. The van der Waals surface area contributed by atoms with Crippen molar-refractivity contribution in [2.45, 2.75) is 62.6 Å². The molecule has 1 saturated carbocycles. The van der Waals surface area contributed by atoms with E-state index in [-0.39, 0.29) is 36.7 Å². The number of likely N-dealkylation sites (tertiary alicyclic amines) is 1. The number of Topliss-reactive ketones (excluding diaryl/α,β-unsaturated/α-hetero) is 1. The van der Waals surface area contributed by atoms with Gasteiger partial charge in [0, 0.05) is 28.9 Å². The van der Waals surface area contributed by atoms with E-state index in [2.05, 4.69) is 10.3 Å². The van der Waals surface area contributed by atoms with E-state index in [9.17, 15) is 14.4 Å². The van der Waals surface area contributed by atoms with E-state index in [0.717, 1.165) is 48.2 Å². The molecule has 2 aromatic heterocycles. The van der Waals surface area contributed by atoms with E-state index in [1.54, 1.807) is 17.2 Å². The smallest absolute Gasteiger partial charge is 0.262 e. The molecule has 3 fully saturated rings. The highest BCUT2D eigenvalue weighted by Crippen LogP contribution is 2.34. The Balaban J connectivity index is 1.38. The Morgan fingerprint density at radius 2 is 2.03 bits per heavy atom. The molecular formula is C25H28ClN3O4S. The third kappa shape index (κ3) is 4.39. The molecule has 2 amide bonds. The SMILES string of the molecule is Cc1ncccc1-c1ccc(C(=O)NC(C(=O)N2CC(Cl)C3OCC(=O)C32)C2CCCCC2)s1. The van der Waals surface area contributed by atoms with Gasteiger partial charge in [-0.1, -0.05) is 25.3 Å². The van der Waals surface area contributed by atoms with E-state index in [1.807, 2.05) is 25.1 Å². The zero-order valence-electron chi connectivity index (χ0n) is 19.0. The van der Waals surface area contributed by atoms with Gasteiger partial charge < -0.3 is 15.0 Å². The molecule has 4 unspecified atom stereocenters. The summed E-state index contributed by atoms with van der Waals surface area (Å²) in [7, 11) is 0. The molecule has 3 aliphatic rings. The molecule has 7 nitrogen and oxygen atoms in total. The summed E-state index contributed by atoms with van der Waals surface area (Å²) in [4.78, 5) is 46.9. The Kier molecular flexibility index (Phi) is 6.73. The van der Waals surface area contributed by atoms with Crippen molar-refractivity contribution in [2.24, 2.45) is 5.92 Å². The maximum atomic E-state index is 13.8. The summed E-state index contributed by atoms with van der Waals surface area (Å²) in [6, 6.07) is 6.23. The molecule has 4 atom stereocenters. The highest BCUT2D eigenvalue weighted by Gasteiger charge is 2.53. The van der Waals surface area contributed by atoms with E-state index in [0.29, 0.717) is 4.88 Å². The summed E-state index contributed by atoms with van der Waals surface area (Å²) in [5.74, 6) is -0.577. The van der Waals surface area contributed by atoms with Gasteiger partial charge in [-0.05, 0) is 43.9 Å². The van der Waals surface area contributed by atoms with Crippen molar-refractivity contribution in [3.8, 4) is 10.4 Å². The van der Waals surface area contributed by atoms with Crippen molar-refractivity contribution in [3.05, 3.63) is 41.0 Å². The van der Waals surface area contributed by atoms with Crippen LogP contribution in [0.2, 0.25) is 0 Å². The largest absolute Gasteiger partial charge is 0.366 e. The van der Waals surface area contributed by atoms with Crippen molar-refractivity contribution in [3.63, 3.8) is 0 Å². The number of carbonyl (C=O) groups is 3. The number of pyridine rings is 1. The van der Waals surface area contributed by atoms with Gasteiger partial charge >= 0.3 is 0 Å². The molecule has 1 aliphatic carbocycles. The number of hydrogen-bond acceptors (Lipinski definition) is 6. The lowest BCUT2D eigenvalue weighted by molar-refractivity contribution is -0.139. The number of aryl methyl sites for hydroxylation is 1. The second-order valence-electron chi connectivity index (χ2n) is 9.34. The van der Waals surface area contributed by atoms with Crippen LogP contribution in [0.5, 0.6) is 0 Å². The van der Waals surface area contributed by atoms with Gasteiger partial charge in [-0.25, -0.2) is 0 Å². The monoisotopic (exact) mass is 501 g/mol. The fourth-order valence-corrected chi connectivity index (χ4v) is 6.76. The predicted octanol–water partition coefficient (Wildman–Crippen LogP) is 3.58. The molecule has 1 N–H and O–H groups in total. The van der Waals surface area contributed by atoms with Gasteiger partial charge in [-0.3, -0.25) is 19.4 Å². The first-order chi connectivity index (χ1) is 16.4. The zero-order valence-corrected chi connectivity index (χ0v) is 20.6. The first-order valence-corrected chi connectivity index (χ1v) is 13.1. The van der Waals surface area contributed by atoms with E-state index < -0.39 is 23.6 Å². The van der Waals surface area contributed by atoms with Gasteiger partial charge in [0.25, 0.3) is 5.91 Å². The fourth-order valence-electron chi connectivity index (χ4n) is 5.41. The van der Waals surface area contributed by atoms with E-state index >= 15 is 0 Å². The quantitative estimate of drug-likeness (QED) is 0.632. The molecule has 5 rings (SSSR count). The predicted molar refractivity (Wildman–Crippen MR) is 130 cm³/mol. The number of ether oxygens (including phenoxy) is 1. The van der Waals surface area contributed by atoms with Gasteiger partial charge in [-0.15, -0.1) is 22.9 Å². The number of hydrogen-bond donors (Lipinski definition) is 1. The van der Waals surface area contributed by atoms with Crippen molar-refractivity contribution < 1.29 is 19.1 Å². The van der Waals surface area contributed by atoms with Crippen LogP contribution >= 0.6 is 22.9 Å². The van der Waals surface area contributed by atoms with E-state index in [4.69, 9.17) is 16.3 Å². The van der Waals surface area contributed by atoms with Crippen LogP contribution in [0.1, 0.15) is 47.5 Å². The van der Waals surface area contributed by atoms with Gasteiger partial charge in [0.1, 0.15) is 24.8 Å². The Morgan fingerprint density at radius 1 is 1.24 bits per heavy atom. The lowest BCUT2D eigenvalue weighted by atomic mass is 9.83. The minimum Gasteiger partial charge on any atom is -0.366 e. The minimum absolute atomic E-state index is 0.0193. The normalized spacial score (nSPS) is 25.9. The van der Waals surface area contributed by atoms with Gasteiger partial charge in [0.2, 0.25) is 5.91 Å². The molecule has 0 radical (unpaired) electrons. The van der Waals surface area contributed by atoms with Crippen LogP contribution in [0.4, 0.5) is 0 Å². The van der Waals surface area contributed by atoms with Crippen LogP contribution in [0.15, 0.2) is 30.5 Å². The van der Waals surface area contributed by atoms with Crippen LogP contribution in [0.25, 0.3) is 10.4 Å². The molecule has 2 aromatic rings. The second kappa shape index (κ2) is 9.76. The van der Waals surface area contributed by atoms with Crippen molar-refractivity contribution in [2.75, 3.05) is 13.2 Å². The standard InChI is InChI=1S/C25H28ClN3O4S/c1-14-16(8-5-11-27-14)19-9-10-20(34-19)24(31)28-21(15-6-3-2-4-7-15)25(32)29-12-17(26)23-22(29)18(30)13-33-23/h5,8-11,15,17,21-23H,2-4,6-7,12-13H2,1H3,(H,28,31). The number of nitrogens with zero attached hydrogens (tertiary/aromatic N) is 2. The summed E-state index contributed by atoms with van der Waals surface area (Å²) in [5.41, 5.74) is 1.89. The second-order valence-corrected chi connectivity index (χ2v) is 11.0. The van der Waals surface area contributed by atoms with Crippen LogP contribution in [0, 0.1) is 12.8 Å². The molecule has 9 heteroatoms. The lowest BCUT2D eigenvalue weighted by Crippen LogP contribution is -2.55. The Hall–Kier alpha value is -2.29. The average molecular weight is 502 g/mol. The number of halogens is 1. The van der Waals surface area contributed by atoms with E-state index in [1.165, 1.54) is 11.3 Å². The number of carbonyl (C=O) groups excluding carboxylic acids is 3. The molecular weight excluding hydrogens is 474 g/mol. The highest BCUT2D eigenvalue weighted by atomic mass is 35.5. The topological polar surface area (TPSA) is 88.6 Å². The Bertz CT molecular complexity index is 1100. The minimum atomic E-state index is -0.686. The first kappa shape index (κ1) is 23.5. The number of alkyl halides is 1. The number of nitrogens with one attached hydrogen (secondary N) is 1. The van der Waals surface area contributed by atoms with Crippen LogP contribution < -0.4 is 5.32 Å². The number of rotatable bonds is 5. The lowest BCUT2D eigenvalue weighted by Gasteiger charge is -2.34. The van der Waals surface area contributed by atoms with Crippen LogP contribution in [0.3, 0.4) is 0 Å². The molecule has 0 spiro atoms. The summed E-state index contributed by atoms with van der Waals surface area (Å²) in [6.07, 6.45) is 6.21. The average Bonchev–Trinajstić information content (AvgIpc) is 3.56. The maximum absolute atomic E-state index is 13.8. The molecule has 34 heavy (non-hydrogen) atoms. The van der Waals surface area contributed by atoms with Crippen molar-refractivity contribution in [1.29, 1.82) is 0 Å². The van der Waals surface area contributed by atoms with Gasteiger partial charge in [-0.2, -0.15) is 0 Å². The summed E-state index contributed by atoms with van der Waals surface area (Å²) < 4.78 is 5.55. The zero-order chi connectivity index (χ0) is 23.8. The van der Waals surface area contributed by atoms with Crippen molar-refractivity contribution >= 4 is 40.5 Å². The number of thiophene rings is 1. The number of aromatic nitrogens is 1. The third-order valence-electron chi connectivity index (χ3n) is 7.18. The molecule has 180 valence electrons. The Labute approximate surface area is 207 Å². The van der Waals surface area contributed by atoms with Crippen LogP contribution in [-0.4, -0.2) is 64.2 Å². The van der Waals surface area contributed by atoms with Crippen LogP contribution in [-0.2, 0) is 14.3 Å². The first-order valence-electron chi connectivity index (χ1n) is 11.9. The Morgan fingerprint density at radius 3 is 2.79 bits per heavy atom. The summed E-state index contributed by atoms with van der Waals surface area (Å²) in [5, 5.41) is 2.61. The summed E-state index contributed by atoms with van der Waals surface area (Å²) in [6.45, 7) is 2.17. The molecule has 0 aromatic carbocycles. The molecule has 2 aliphatic heterocycles. The number of amides is 2. The molecule has 2 saturated heterocycles. The summed E-state index contributed by atoms with van der Waals surface area (Å²) >= 11 is 7.81.